The Morgan fingerprint density at radius 3 is 2.52 bits per heavy atom. The van der Waals surface area contributed by atoms with E-state index in [1.165, 1.54) is 11.8 Å². The normalized spacial score (nSPS) is 11.5. The van der Waals surface area contributed by atoms with Crippen LogP contribution in [0.2, 0.25) is 0 Å². The Morgan fingerprint density at radius 2 is 1.95 bits per heavy atom. The van der Waals surface area contributed by atoms with Crippen LogP contribution in [0.4, 0.5) is 0 Å². The molecule has 0 aliphatic heterocycles. The summed E-state index contributed by atoms with van der Waals surface area (Å²) in [5, 5.41) is 4.14. The first-order chi connectivity index (χ1) is 10.1. The Morgan fingerprint density at radius 1 is 1.24 bits per heavy atom. The minimum Gasteiger partial charge on any atom is -0.469 e. The Bertz CT molecular complexity index is 639. The smallest absolute Gasteiger partial charge is 0.274 e. The number of rotatable bonds is 5. The topological polar surface area (TPSA) is 54.6 Å². The van der Waals surface area contributed by atoms with Gasteiger partial charge < -0.3 is 4.42 Å². The number of carbonyl (C=O) groups is 1. The largest absolute Gasteiger partial charge is 0.469 e. The van der Waals surface area contributed by atoms with Crippen LogP contribution in [0.15, 0.2) is 46.1 Å². The number of hydrazone groups is 1. The van der Waals surface area contributed by atoms with Gasteiger partial charge in [-0.15, -0.1) is 0 Å². The van der Waals surface area contributed by atoms with Gasteiger partial charge in [0.1, 0.15) is 5.76 Å². The zero-order valence-corrected chi connectivity index (χ0v) is 12.6. The van der Waals surface area contributed by atoms with Gasteiger partial charge in [-0.25, -0.2) is 5.43 Å². The first-order valence-electron chi connectivity index (χ1n) is 7.10. The number of nitrogens with one attached hydrogen (secondary N) is 1. The highest BCUT2D eigenvalue weighted by Crippen LogP contribution is 2.09. The standard InChI is InChI=1S/C17H20N2O2/c1-4-5-14-6-8-15(9-7-14)12(2)18-19-17(20)16-10-11-21-13(16)3/h6-11H,4-5H2,1-3H3,(H,19,20)/b18-12-. The van der Waals surface area contributed by atoms with Gasteiger partial charge >= 0.3 is 0 Å². The summed E-state index contributed by atoms with van der Waals surface area (Å²) < 4.78 is 5.10. The molecule has 21 heavy (non-hydrogen) atoms. The number of hydrogen-bond acceptors (Lipinski definition) is 3. The molecule has 1 aromatic heterocycles. The third-order valence-electron chi connectivity index (χ3n) is 3.34. The third kappa shape index (κ3) is 3.81. The zero-order chi connectivity index (χ0) is 15.2. The maximum absolute atomic E-state index is 11.9. The van der Waals surface area contributed by atoms with Crippen molar-refractivity contribution in [3.63, 3.8) is 0 Å². The average Bonchev–Trinajstić information content (AvgIpc) is 2.92. The van der Waals surface area contributed by atoms with E-state index in [0.29, 0.717) is 11.3 Å². The van der Waals surface area contributed by atoms with Crippen molar-refractivity contribution in [3.05, 3.63) is 59.0 Å². The van der Waals surface area contributed by atoms with Crippen LogP contribution in [0.1, 0.15) is 47.5 Å². The van der Waals surface area contributed by atoms with Crippen LogP contribution in [0.5, 0.6) is 0 Å². The van der Waals surface area contributed by atoms with Gasteiger partial charge in [-0.1, -0.05) is 37.6 Å². The maximum atomic E-state index is 11.9. The van der Waals surface area contributed by atoms with Gasteiger partial charge in [-0.3, -0.25) is 4.79 Å². The highest BCUT2D eigenvalue weighted by molar-refractivity contribution is 6.01. The van der Waals surface area contributed by atoms with Crippen LogP contribution in [0.3, 0.4) is 0 Å². The van der Waals surface area contributed by atoms with Gasteiger partial charge in [0.15, 0.2) is 0 Å². The van der Waals surface area contributed by atoms with Gasteiger partial charge in [0.2, 0.25) is 0 Å². The van der Waals surface area contributed by atoms with Crippen molar-refractivity contribution in [1.82, 2.24) is 5.43 Å². The second kappa shape index (κ2) is 6.88. The van der Waals surface area contributed by atoms with Crippen molar-refractivity contribution in [2.75, 3.05) is 0 Å². The van der Waals surface area contributed by atoms with E-state index in [1.807, 2.05) is 19.1 Å². The molecular formula is C17H20N2O2. The fourth-order valence-corrected chi connectivity index (χ4v) is 2.08. The zero-order valence-electron chi connectivity index (χ0n) is 12.6. The second-order valence-electron chi connectivity index (χ2n) is 4.98. The van der Waals surface area contributed by atoms with Crippen molar-refractivity contribution in [2.24, 2.45) is 5.10 Å². The molecule has 0 saturated heterocycles. The summed E-state index contributed by atoms with van der Waals surface area (Å²) >= 11 is 0. The number of furan rings is 1. The summed E-state index contributed by atoms with van der Waals surface area (Å²) in [4.78, 5) is 11.9. The van der Waals surface area contributed by atoms with Gasteiger partial charge in [-0.05, 0) is 37.5 Å². The molecule has 0 bridgehead atoms. The Balaban J connectivity index is 2.04. The van der Waals surface area contributed by atoms with Crippen LogP contribution >= 0.6 is 0 Å². The van der Waals surface area contributed by atoms with E-state index < -0.39 is 0 Å². The average molecular weight is 284 g/mol. The van der Waals surface area contributed by atoms with Crippen molar-refractivity contribution in [3.8, 4) is 0 Å². The van der Waals surface area contributed by atoms with E-state index in [9.17, 15) is 4.79 Å². The Kier molecular flexibility index (Phi) is 4.93. The first-order valence-corrected chi connectivity index (χ1v) is 7.10. The molecule has 4 nitrogen and oxygen atoms in total. The summed E-state index contributed by atoms with van der Waals surface area (Å²) in [6.07, 6.45) is 3.70. The lowest BCUT2D eigenvalue weighted by molar-refractivity contribution is 0.0953. The number of hydrogen-bond donors (Lipinski definition) is 1. The van der Waals surface area contributed by atoms with E-state index in [-0.39, 0.29) is 5.91 Å². The van der Waals surface area contributed by atoms with E-state index >= 15 is 0 Å². The summed E-state index contributed by atoms with van der Waals surface area (Å²) in [6.45, 7) is 5.78. The van der Waals surface area contributed by atoms with E-state index in [4.69, 9.17) is 4.42 Å². The van der Waals surface area contributed by atoms with Crippen molar-refractivity contribution in [2.45, 2.75) is 33.6 Å². The quantitative estimate of drug-likeness (QED) is 0.672. The number of amides is 1. The minimum atomic E-state index is -0.261. The molecule has 0 spiro atoms. The lowest BCUT2D eigenvalue weighted by atomic mass is 10.1. The van der Waals surface area contributed by atoms with Crippen LogP contribution in [0, 0.1) is 6.92 Å². The van der Waals surface area contributed by atoms with Gasteiger partial charge in [-0.2, -0.15) is 5.10 Å². The van der Waals surface area contributed by atoms with Crippen molar-refractivity contribution < 1.29 is 9.21 Å². The van der Waals surface area contributed by atoms with Gasteiger partial charge in [0.05, 0.1) is 17.5 Å². The molecule has 0 aliphatic carbocycles. The summed E-state index contributed by atoms with van der Waals surface area (Å²) in [5.74, 6) is 0.326. The molecule has 1 N–H and O–H groups in total. The molecular weight excluding hydrogens is 264 g/mol. The molecule has 0 fully saturated rings. The first kappa shape index (κ1) is 15.0. The van der Waals surface area contributed by atoms with Gasteiger partial charge in [0, 0.05) is 0 Å². The van der Waals surface area contributed by atoms with Crippen LogP contribution < -0.4 is 5.43 Å². The lowest BCUT2D eigenvalue weighted by Gasteiger charge is -2.04. The van der Waals surface area contributed by atoms with E-state index in [2.05, 4.69) is 29.6 Å². The number of carbonyl (C=O) groups excluding carboxylic acids is 1. The second-order valence-corrected chi connectivity index (χ2v) is 4.98. The molecule has 0 unspecified atom stereocenters. The van der Waals surface area contributed by atoms with Gasteiger partial charge in [0.25, 0.3) is 5.91 Å². The fourth-order valence-electron chi connectivity index (χ4n) is 2.08. The van der Waals surface area contributed by atoms with Crippen molar-refractivity contribution >= 4 is 11.6 Å². The highest BCUT2D eigenvalue weighted by atomic mass is 16.3. The predicted molar refractivity (Wildman–Crippen MR) is 83.6 cm³/mol. The summed E-state index contributed by atoms with van der Waals surface area (Å²) in [6, 6.07) is 9.88. The molecule has 1 amide bonds. The highest BCUT2D eigenvalue weighted by Gasteiger charge is 2.10. The maximum Gasteiger partial charge on any atom is 0.274 e. The molecule has 2 aromatic rings. The van der Waals surface area contributed by atoms with Crippen LogP contribution in [-0.4, -0.2) is 11.6 Å². The van der Waals surface area contributed by atoms with E-state index in [0.717, 1.165) is 24.1 Å². The monoisotopic (exact) mass is 284 g/mol. The SMILES string of the molecule is CCCc1ccc(/C(C)=N\NC(=O)c2ccoc2C)cc1. The number of benzene rings is 1. The lowest BCUT2D eigenvalue weighted by Crippen LogP contribution is -2.19. The molecule has 1 aromatic carbocycles. The summed E-state index contributed by atoms with van der Waals surface area (Å²) in [5.41, 5.74) is 6.14. The van der Waals surface area contributed by atoms with Crippen molar-refractivity contribution in [1.29, 1.82) is 0 Å². The molecule has 0 saturated carbocycles. The van der Waals surface area contributed by atoms with Crippen LogP contribution in [0.25, 0.3) is 0 Å². The Hall–Kier alpha value is -2.36. The number of aryl methyl sites for hydroxylation is 2. The van der Waals surface area contributed by atoms with Crippen LogP contribution in [-0.2, 0) is 6.42 Å². The molecule has 1 heterocycles. The predicted octanol–water partition coefficient (Wildman–Crippen LogP) is 3.69. The summed E-state index contributed by atoms with van der Waals surface area (Å²) in [7, 11) is 0. The third-order valence-corrected chi connectivity index (χ3v) is 3.34. The molecule has 2 rings (SSSR count). The number of nitrogens with zero attached hydrogens (tertiary/aromatic N) is 1. The molecule has 110 valence electrons. The molecule has 0 radical (unpaired) electrons. The fraction of sp³-hybridized carbons (Fsp3) is 0.294. The molecule has 0 atom stereocenters. The Labute approximate surface area is 124 Å². The molecule has 4 heteroatoms. The molecule has 0 aliphatic rings. The minimum absolute atomic E-state index is 0.261. The van der Waals surface area contributed by atoms with E-state index in [1.54, 1.807) is 13.0 Å².